The summed E-state index contributed by atoms with van der Waals surface area (Å²) in [5.41, 5.74) is 6.55. The summed E-state index contributed by atoms with van der Waals surface area (Å²) in [4.78, 5) is 0. The maximum atomic E-state index is 5.69. The summed E-state index contributed by atoms with van der Waals surface area (Å²) in [7, 11) is 0. The van der Waals surface area contributed by atoms with Gasteiger partial charge in [0, 0.05) is 19.6 Å². The van der Waals surface area contributed by atoms with Crippen LogP contribution in [0.25, 0.3) is 0 Å². The van der Waals surface area contributed by atoms with Gasteiger partial charge in [-0.25, -0.2) is 0 Å². The van der Waals surface area contributed by atoms with Gasteiger partial charge < -0.3 is 15.8 Å². The van der Waals surface area contributed by atoms with Gasteiger partial charge in [0.2, 0.25) is 0 Å². The highest BCUT2D eigenvalue weighted by molar-refractivity contribution is 5.34. The summed E-state index contributed by atoms with van der Waals surface area (Å²) < 4.78 is 5.69. The number of rotatable bonds is 8. The number of hydrogen-bond donors (Lipinski definition) is 2. The van der Waals surface area contributed by atoms with Crippen LogP contribution in [0.1, 0.15) is 5.56 Å². The van der Waals surface area contributed by atoms with Crippen LogP contribution in [0.15, 0.2) is 36.9 Å². The predicted octanol–water partition coefficient (Wildman–Crippen LogP) is 1.34. The van der Waals surface area contributed by atoms with Gasteiger partial charge in [-0.3, -0.25) is 0 Å². The van der Waals surface area contributed by atoms with Crippen molar-refractivity contribution in [2.75, 3.05) is 26.2 Å². The molecule has 0 aliphatic carbocycles. The van der Waals surface area contributed by atoms with Crippen LogP contribution in [0, 0.1) is 0 Å². The zero-order valence-electron chi connectivity index (χ0n) is 9.61. The minimum atomic E-state index is 0.660. The number of allylic oxidation sites excluding steroid dienone is 1. The van der Waals surface area contributed by atoms with Crippen molar-refractivity contribution in [3.63, 3.8) is 0 Å². The molecule has 0 spiro atoms. The van der Waals surface area contributed by atoms with Crippen LogP contribution in [0.5, 0.6) is 5.75 Å². The van der Waals surface area contributed by atoms with Crippen LogP contribution >= 0.6 is 0 Å². The van der Waals surface area contributed by atoms with Gasteiger partial charge in [0.15, 0.2) is 0 Å². The van der Waals surface area contributed by atoms with Crippen LogP contribution in [-0.2, 0) is 6.42 Å². The van der Waals surface area contributed by atoms with E-state index in [1.807, 2.05) is 24.3 Å². The third kappa shape index (κ3) is 4.47. The van der Waals surface area contributed by atoms with Crippen LogP contribution < -0.4 is 15.8 Å². The van der Waals surface area contributed by atoms with E-state index in [1.165, 1.54) is 5.56 Å². The van der Waals surface area contributed by atoms with E-state index in [0.717, 1.165) is 25.3 Å². The van der Waals surface area contributed by atoms with Crippen molar-refractivity contribution in [3.8, 4) is 5.75 Å². The van der Waals surface area contributed by atoms with E-state index in [-0.39, 0.29) is 0 Å². The Morgan fingerprint density at radius 3 is 2.88 bits per heavy atom. The Bertz CT molecular complexity index is 313. The monoisotopic (exact) mass is 220 g/mol. The van der Waals surface area contributed by atoms with E-state index in [0.29, 0.717) is 13.2 Å². The molecule has 0 aliphatic heterocycles. The summed E-state index contributed by atoms with van der Waals surface area (Å²) in [6.45, 7) is 6.71. The molecule has 1 aromatic rings. The molecule has 88 valence electrons. The number of nitrogens with two attached hydrogens (primary N) is 1. The van der Waals surface area contributed by atoms with Crippen molar-refractivity contribution in [1.82, 2.24) is 5.32 Å². The summed E-state index contributed by atoms with van der Waals surface area (Å²) in [5, 5.41) is 3.19. The molecule has 0 amide bonds. The minimum absolute atomic E-state index is 0.660. The fourth-order valence-corrected chi connectivity index (χ4v) is 1.43. The van der Waals surface area contributed by atoms with Gasteiger partial charge in [-0.2, -0.15) is 0 Å². The standard InChI is InChI=1S/C13H20N2O/c1-2-5-12-6-3-4-7-13(12)16-11-10-15-9-8-14/h2-4,6-7,15H,1,5,8-11,14H2. The molecular weight excluding hydrogens is 200 g/mol. The molecule has 0 bridgehead atoms. The molecule has 0 saturated heterocycles. The molecular formula is C13H20N2O. The second-order valence-electron chi connectivity index (χ2n) is 3.49. The molecule has 0 unspecified atom stereocenters. The van der Waals surface area contributed by atoms with Crippen LogP contribution in [-0.4, -0.2) is 26.2 Å². The molecule has 1 rings (SSSR count). The molecule has 0 atom stereocenters. The smallest absolute Gasteiger partial charge is 0.122 e. The van der Waals surface area contributed by atoms with Crippen molar-refractivity contribution in [2.24, 2.45) is 5.73 Å². The Morgan fingerprint density at radius 1 is 1.31 bits per heavy atom. The molecule has 0 heterocycles. The third-order valence-electron chi connectivity index (χ3n) is 2.19. The molecule has 0 aliphatic rings. The van der Waals surface area contributed by atoms with Crippen molar-refractivity contribution in [3.05, 3.63) is 42.5 Å². The number of ether oxygens (including phenoxy) is 1. The zero-order chi connectivity index (χ0) is 11.6. The van der Waals surface area contributed by atoms with Crippen LogP contribution in [0.2, 0.25) is 0 Å². The Labute approximate surface area is 97.3 Å². The maximum Gasteiger partial charge on any atom is 0.122 e. The Hall–Kier alpha value is -1.32. The summed E-state index contributed by atoms with van der Waals surface area (Å²) >= 11 is 0. The lowest BCUT2D eigenvalue weighted by Crippen LogP contribution is -2.26. The average Bonchev–Trinajstić information content (AvgIpc) is 2.31. The van der Waals surface area contributed by atoms with Crippen LogP contribution in [0.3, 0.4) is 0 Å². The molecule has 3 heteroatoms. The lowest BCUT2D eigenvalue weighted by Gasteiger charge is -2.10. The first kappa shape index (κ1) is 12.7. The first-order chi connectivity index (χ1) is 7.88. The summed E-state index contributed by atoms with van der Waals surface area (Å²) in [5.74, 6) is 0.942. The highest BCUT2D eigenvalue weighted by Crippen LogP contribution is 2.18. The number of hydrogen-bond acceptors (Lipinski definition) is 3. The second-order valence-corrected chi connectivity index (χ2v) is 3.49. The molecule has 0 fully saturated rings. The van der Waals surface area contributed by atoms with Gasteiger partial charge in [0.1, 0.15) is 12.4 Å². The highest BCUT2D eigenvalue weighted by atomic mass is 16.5. The largest absolute Gasteiger partial charge is 0.492 e. The normalized spacial score (nSPS) is 10.1. The predicted molar refractivity (Wildman–Crippen MR) is 67.8 cm³/mol. The molecule has 3 nitrogen and oxygen atoms in total. The first-order valence-electron chi connectivity index (χ1n) is 5.61. The van der Waals surface area contributed by atoms with Gasteiger partial charge in [-0.15, -0.1) is 6.58 Å². The molecule has 0 saturated carbocycles. The fourth-order valence-electron chi connectivity index (χ4n) is 1.43. The quantitative estimate of drug-likeness (QED) is 0.513. The van der Waals surface area contributed by atoms with Gasteiger partial charge >= 0.3 is 0 Å². The molecule has 1 aromatic carbocycles. The van der Waals surface area contributed by atoms with Gasteiger partial charge in [0.05, 0.1) is 0 Å². The molecule has 0 aromatic heterocycles. The van der Waals surface area contributed by atoms with Crippen molar-refractivity contribution in [1.29, 1.82) is 0 Å². The van der Waals surface area contributed by atoms with E-state index in [2.05, 4.69) is 18.0 Å². The topological polar surface area (TPSA) is 47.3 Å². The Morgan fingerprint density at radius 2 is 2.12 bits per heavy atom. The van der Waals surface area contributed by atoms with Crippen LogP contribution in [0.4, 0.5) is 0 Å². The highest BCUT2D eigenvalue weighted by Gasteiger charge is 2.00. The van der Waals surface area contributed by atoms with Crippen molar-refractivity contribution >= 4 is 0 Å². The molecule has 0 radical (unpaired) electrons. The first-order valence-corrected chi connectivity index (χ1v) is 5.61. The molecule has 3 N–H and O–H groups in total. The Balaban J connectivity index is 2.37. The van der Waals surface area contributed by atoms with Gasteiger partial charge in [-0.1, -0.05) is 24.3 Å². The summed E-state index contributed by atoms with van der Waals surface area (Å²) in [6.07, 6.45) is 2.72. The van der Waals surface area contributed by atoms with E-state index in [4.69, 9.17) is 10.5 Å². The van der Waals surface area contributed by atoms with Gasteiger partial charge in [-0.05, 0) is 18.1 Å². The minimum Gasteiger partial charge on any atom is -0.492 e. The average molecular weight is 220 g/mol. The zero-order valence-corrected chi connectivity index (χ0v) is 9.61. The fraction of sp³-hybridized carbons (Fsp3) is 0.385. The summed E-state index contributed by atoms with van der Waals surface area (Å²) in [6, 6.07) is 8.04. The SMILES string of the molecule is C=CCc1ccccc1OCCNCCN. The second kappa shape index (κ2) is 7.91. The van der Waals surface area contributed by atoms with Gasteiger partial charge in [0.25, 0.3) is 0 Å². The number of para-hydroxylation sites is 1. The maximum absolute atomic E-state index is 5.69. The van der Waals surface area contributed by atoms with E-state index in [9.17, 15) is 0 Å². The van der Waals surface area contributed by atoms with Crippen molar-refractivity contribution < 1.29 is 4.74 Å². The third-order valence-corrected chi connectivity index (χ3v) is 2.19. The Kier molecular flexibility index (Phi) is 6.30. The lowest BCUT2D eigenvalue weighted by atomic mass is 10.1. The van der Waals surface area contributed by atoms with E-state index < -0.39 is 0 Å². The van der Waals surface area contributed by atoms with E-state index in [1.54, 1.807) is 0 Å². The number of nitrogens with one attached hydrogen (secondary N) is 1. The van der Waals surface area contributed by atoms with Crippen molar-refractivity contribution in [2.45, 2.75) is 6.42 Å². The molecule has 16 heavy (non-hydrogen) atoms. The number of benzene rings is 1. The lowest BCUT2D eigenvalue weighted by molar-refractivity contribution is 0.312. The van der Waals surface area contributed by atoms with E-state index >= 15 is 0 Å².